The number of pyridine rings is 1. The second-order valence-corrected chi connectivity index (χ2v) is 6.29. The van der Waals surface area contributed by atoms with Crippen molar-refractivity contribution in [3.05, 3.63) is 60.0 Å². The molecule has 0 atom stereocenters. The number of sulfonamides is 1. The van der Waals surface area contributed by atoms with Gasteiger partial charge in [-0.1, -0.05) is 17.7 Å². The van der Waals surface area contributed by atoms with E-state index in [0.29, 0.717) is 10.7 Å². The van der Waals surface area contributed by atoms with E-state index in [2.05, 4.69) is 9.71 Å². The van der Waals surface area contributed by atoms with E-state index in [1.807, 2.05) is 0 Å². The van der Waals surface area contributed by atoms with Crippen molar-refractivity contribution >= 4 is 33.0 Å². The van der Waals surface area contributed by atoms with Crippen molar-refractivity contribution in [2.75, 3.05) is 4.72 Å². The smallest absolute Gasteiger partial charge is 0.261 e. The largest absolute Gasteiger partial charge is 0.305 e. The second-order valence-electron chi connectivity index (χ2n) is 4.17. The highest BCUT2D eigenvalue weighted by Crippen LogP contribution is 2.19. The Morgan fingerprint density at radius 3 is 2.85 bits per heavy atom. The second kappa shape index (κ2) is 4.81. The first-order valence-corrected chi connectivity index (χ1v) is 7.62. The van der Waals surface area contributed by atoms with E-state index in [1.54, 1.807) is 47.3 Å². The summed E-state index contributed by atoms with van der Waals surface area (Å²) in [6.07, 6.45) is 5.04. The van der Waals surface area contributed by atoms with Gasteiger partial charge < -0.3 is 4.40 Å². The Bertz CT molecular complexity index is 874. The molecule has 2 aromatic heterocycles. The number of nitrogens with one attached hydrogen (secondary N) is 1. The van der Waals surface area contributed by atoms with Crippen molar-refractivity contribution in [2.45, 2.75) is 4.90 Å². The van der Waals surface area contributed by atoms with Crippen molar-refractivity contribution in [1.82, 2.24) is 9.38 Å². The van der Waals surface area contributed by atoms with Gasteiger partial charge in [0.05, 0.1) is 10.6 Å². The third-order valence-electron chi connectivity index (χ3n) is 2.75. The molecule has 7 heteroatoms. The molecule has 1 aromatic carbocycles. The molecule has 2 heterocycles. The van der Waals surface area contributed by atoms with Crippen LogP contribution in [0.3, 0.4) is 0 Å². The van der Waals surface area contributed by atoms with Crippen molar-refractivity contribution in [2.24, 2.45) is 0 Å². The number of benzene rings is 1. The molecule has 5 nitrogen and oxygen atoms in total. The Morgan fingerprint density at radius 1 is 1.20 bits per heavy atom. The van der Waals surface area contributed by atoms with Crippen molar-refractivity contribution < 1.29 is 8.42 Å². The van der Waals surface area contributed by atoms with E-state index in [0.717, 1.165) is 5.65 Å². The standard InChI is InChI=1S/C13H10ClN3O2S/c14-10-2-1-3-12(8-10)20(18,19)16-11-4-5-13-15-6-7-17(13)9-11/h1-9,16H. The maximum atomic E-state index is 12.2. The average Bonchev–Trinajstić information content (AvgIpc) is 2.85. The van der Waals surface area contributed by atoms with Gasteiger partial charge in [0, 0.05) is 23.6 Å². The van der Waals surface area contributed by atoms with Gasteiger partial charge in [0.2, 0.25) is 0 Å². The number of fused-ring (bicyclic) bond motifs is 1. The molecule has 0 saturated heterocycles. The van der Waals surface area contributed by atoms with Gasteiger partial charge in [-0.15, -0.1) is 0 Å². The van der Waals surface area contributed by atoms with Crippen molar-refractivity contribution in [3.63, 3.8) is 0 Å². The van der Waals surface area contributed by atoms with E-state index >= 15 is 0 Å². The Hall–Kier alpha value is -2.05. The molecular formula is C13H10ClN3O2S. The lowest BCUT2D eigenvalue weighted by atomic mass is 10.4. The van der Waals surface area contributed by atoms with Gasteiger partial charge in [0.1, 0.15) is 5.65 Å². The van der Waals surface area contributed by atoms with Crippen LogP contribution >= 0.6 is 11.6 Å². The summed E-state index contributed by atoms with van der Waals surface area (Å²) in [5.41, 5.74) is 1.20. The van der Waals surface area contributed by atoms with Crippen LogP contribution < -0.4 is 4.72 Å². The maximum absolute atomic E-state index is 12.2. The summed E-state index contributed by atoms with van der Waals surface area (Å²) >= 11 is 5.81. The Balaban J connectivity index is 1.96. The molecule has 0 fully saturated rings. The van der Waals surface area contributed by atoms with Gasteiger partial charge in [-0.2, -0.15) is 0 Å². The van der Waals surface area contributed by atoms with Crippen LogP contribution in [0.25, 0.3) is 5.65 Å². The molecule has 0 aliphatic heterocycles. The summed E-state index contributed by atoms with van der Waals surface area (Å²) in [5, 5.41) is 0.373. The molecule has 0 amide bonds. The van der Waals surface area contributed by atoms with Crippen LogP contribution in [0.15, 0.2) is 59.9 Å². The summed E-state index contributed by atoms with van der Waals surface area (Å²) in [4.78, 5) is 4.22. The predicted molar refractivity (Wildman–Crippen MR) is 77.5 cm³/mol. The third-order valence-corrected chi connectivity index (χ3v) is 4.36. The highest BCUT2D eigenvalue weighted by atomic mass is 35.5. The molecule has 0 aliphatic carbocycles. The summed E-state index contributed by atoms with van der Waals surface area (Å²) in [6, 6.07) is 9.50. The molecule has 102 valence electrons. The van der Waals surface area contributed by atoms with Crippen LogP contribution in [-0.2, 0) is 10.0 Å². The van der Waals surface area contributed by atoms with Gasteiger partial charge in [-0.25, -0.2) is 13.4 Å². The van der Waals surface area contributed by atoms with Gasteiger partial charge in [-0.05, 0) is 30.3 Å². The predicted octanol–water partition coefficient (Wildman–Crippen LogP) is 2.79. The molecule has 0 unspecified atom stereocenters. The van der Waals surface area contributed by atoms with E-state index in [4.69, 9.17) is 11.6 Å². The minimum absolute atomic E-state index is 0.121. The van der Waals surface area contributed by atoms with Gasteiger partial charge in [0.15, 0.2) is 0 Å². The Kier molecular flexibility index (Phi) is 3.11. The maximum Gasteiger partial charge on any atom is 0.261 e. The minimum Gasteiger partial charge on any atom is -0.305 e. The quantitative estimate of drug-likeness (QED) is 0.809. The molecule has 0 radical (unpaired) electrons. The van der Waals surface area contributed by atoms with Crippen LogP contribution in [0, 0.1) is 0 Å². The zero-order valence-corrected chi connectivity index (χ0v) is 11.8. The van der Waals surface area contributed by atoms with Crippen molar-refractivity contribution in [1.29, 1.82) is 0 Å². The molecule has 1 N–H and O–H groups in total. The molecule has 20 heavy (non-hydrogen) atoms. The third kappa shape index (κ3) is 2.48. The molecule has 3 aromatic rings. The first kappa shape index (κ1) is 13.0. The van der Waals surface area contributed by atoms with Crippen LogP contribution in [0.2, 0.25) is 5.02 Å². The SMILES string of the molecule is O=S(=O)(Nc1ccc2nccn2c1)c1cccc(Cl)c1. The molecule has 0 saturated carbocycles. The summed E-state index contributed by atoms with van der Waals surface area (Å²) in [7, 11) is -3.66. The van der Waals surface area contributed by atoms with E-state index < -0.39 is 10.0 Å². The molecular weight excluding hydrogens is 298 g/mol. The first-order valence-electron chi connectivity index (χ1n) is 5.76. The highest BCUT2D eigenvalue weighted by Gasteiger charge is 2.14. The highest BCUT2D eigenvalue weighted by molar-refractivity contribution is 7.92. The van der Waals surface area contributed by atoms with Gasteiger partial charge in [0.25, 0.3) is 10.0 Å². The van der Waals surface area contributed by atoms with Crippen molar-refractivity contribution in [3.8, 4) is 0 Å². The number of hydrogen-bond donors (Lipinski definition) is 1. The fourth-order valence-corrected chi connectivity index (χ4v) is 3.17. The fourth-order valence-electron chi connectivity index (χ4n) is 1.83. The van der Waals surface area contributed by atoms with Gasteiger partial charge in [-0.3, -0.25) is 4.72 Å². The number of anilines is 1. The van der Waals surface area contributed by atoms with Crippen LogP contribution in [0.1, 0.15) is 0 Å². The molecule has 0 spiro atoms. The summed E-state index contributed by atoms with van der Waals surface area (Å²) in [6.45, 7) is 0. The lowest BCUT2D eigenvalue weighted by Crippen LogP contribution is -2.13. The van der Waals surface area contributed by atoms with Crippen LogP contribution in [0.5, 0.6) is 0 Å². The van der Waals surface area contributed by atoms with E-state index in [1.165, 1.54) is 12.1 Å². The fraction of sp³-hybridized carbons (Fsp3) is 0. The normalized spacial score (nSPS) is 11.7. The van der Waals surface area contributed by atoms with Crippen LogP contribution in [-0.4, -0.2) is 17.8 Å². The van der Waals surface area contributed by atoms with E-state index in [9.17, 15) is 8.42 Å². The average molecular weight is 308 g/mol. The van der Waals surface area contributed by atoms with Crippen LogP contribution in [0.4, 0.5) is 5.69 Å². The minimum atomic E-state index is -3.66. The lowest BCUT2D eigenvalue weighted by molar-refractivity contribution is 0.601. The summed E-state index contributed by atoms with van der Waals surface area (Å²) in [5.74, 6) is 0. The van der Waals surface area contributed by atoms with E-state index in [-0.39, 0.29) is 4.90 Å². The number of nitrogens with zero attached hydrogens (tertiary/aromatic N) is 2. The number of halogens is 1. The molecule has 0 bridgehead atoms. The molecule has 3 rings (SSSR count). The number of aromatic nitrogens is 2. The number of hydrogen-bond acceptors (Lipinski definition) is 3. The topological polar surface area (TPSA) is 63.5 Å². The first-order chi connectivity index (χ1) is 9.54. The Morgan fingerprint density at radius 2 is 2.05 bits per heavy atom. The Labute approximate surface area is 120 Å². The molecule has 0 aliphatic rings. The zero-order chi connectivity index (χ0) is 14.2. The lowest BCUT2D eigenvalue weighted by Gasteiger charge is -2.08. The summed E-state index contributed by atoms with van der Waals surface area (Å²) < 4.78 is 28.7. The zero-order valence-electron chi connectivity index (χ0n) is 10.2. The number of imidazole rings is 1. The monoisotopic (exact) mass is 307 g/mol. The number of rotatable bonds is 3. The van der Waals surface area contributed by atoms with Gasteiger partial charge >= 0.3 is 0 Å².